The number of carbonyl (C=O) groups is 1. The summed E-state index contributed by atoms with van der Waals surface area (Å²) in [5, 5.41) is 20.1. The van der Waals surface area contributed by atoms with E-state index in [2.05, 4.69) is 5.32 Å². The number of aliphatic hydroxyl groups excluding tert-OH is 1. The van der Waals surface area contributed by atoms with E-state index in [4.69, 9.17) is 10.2 Å². The summed E-state index contributed by atoms with van der Waals surface area (Å²) in [7, 11) is 0. The van der Waals surface area contributed by atoms with Crippen molar-refractivity contribution >= 4 is 11.7 Å². The van der Waals surface area contributed by atoms with Crippen LogP contribution in [0.4, 0.5) is 18.9 Å². The monoisotopic (exact) mass is 263 g/mol. The van der Waals surface area contributed by atoms with Crippen LogP contribution < -0.4 is 5.32 Å². The van der Waals surface area contributed by atoms with E-state index in [1.54, 1.807) is 0 Å². The van der Waals surface area contributed by atoms with Crippen LogP contribution in [0.1, 0.15) is 22.3 Å². The Balaban J connectivity index is 3.01. The lowest BCUT2D eigenvalue weighted by molar-refractivity contribution is -0.137. The van der Waals surface area contributed by atoms with Crippen molar-refractivity contribution in [3.63, 3.8) is 0 Å². The Kier molecular flexibility index (Phi) is 4.55. The van der Waals surface area contributed by atoms with Gasteiger partial charge in [-0.05, 0) is 24.6 Å². The van der Waals surface area contributed by atoms with E-state index in [0.717, 1.165) is 12.1 Å². The van der Waals surface area contributed by atoms with Crippen LogP contribution in [0.25, 0.3) is 0 Å². The first-order valence-corrected chi connectivity index (χ1v) is 5.15. The van der Waals surface area contributed by atoms with Crippen LogP contribution >= 0.6 is 0 Å². The number of aliphatic hydroxyl groups is 1. The molecule has 0 heterocycles. The van der Waals surface area contributed by atoms with E-state index in [1.807, 2.05) is 0 Å². The van der Waals surface area contributed by atoms with Crippen molar-refractivity contribution < 1.29 is 28.2 Å². The molecule has 1 aromatic carbocycles. The molecule has 0 atom stereocenters. The molecule has 0 aliphatic carbocycles. The van der Waals surface area contributed by atoms with Gasteiger partial charge in [-0.1, -0.05) is 0 Å². The normalized spacial score (nSPS) is 11.3. The summed E-state index contributed by atoms with van der Waals surface area (Å²) in [6, 6.07) is 2.47. The summed E-state index contributed by atoms with van der Waals surface area (Å²) in [6.45, 7) is 0.193. The van der Waals surface area contributed by atoms with Crippen molar-refractivity contribution in [3.05, 3.63) is 29.3 Å². The van der Waals surface area contributed by atoms with Crippen LogP contribution in [0, 0.1) is 0 Å². The third-order valence-corrected chi connectivity index (χ3v) is 2.23. The first-order valence-electron chi connectivity index (χ1n) is 5.15. The van der Waals surface area contributed by atoms with Gasteiger partial charge < -0.3 is 15.5 Å². The molecule has 0 saturated heterocycles. The Morgan fingerprint density at radius 2 is 2.00 bits per heavy atom. The Labute approximate surface area is 101 Å². The second kappa shape index (κ2) is 5.72. The van der Waals surface area contributed by atoms with Gasteiger partial charge in [0, 0.05) is 18.8 Å². The number of carboxylic acid groups (broad SMARTS) is 1. The molecule has 0 unspecified atom stereocenters. The molecule has 0 amide bonds. The zero-order valence-electron chi connectivity index (χ0n) is 9.29. The number of carboxylic acids is 1. The lowest BCUT2D eigenvalue weighted by Crippen LogP contribution is -2.12. The van der Waals surface area contributed by atoms with E-state index in [9.17, 15) is 18.0 Å². The Hall–Kier alpha value is -1.76. The molecule has 0 spiro atoms. The highest BCUT2D eigenvalue weighted by Gasteiger charge is 2.31. The highest BCUT2D eigenvalue weighted by Crippen LogP contribution is 2.31. The first-order chi connectivity index (χ1) is 8.36. The third kappa shape index (κ3) is 3.63. The minimum absolute atomic E-state index is 0.0873. The summed E-state index contributed by atoms with van der Waals surface area (Å²) >= 11 is 0. The quantitative estimate of drug-likeness (QED) is 0.712. The number of anilines is 1. The molecule has 0 fully saturated rings. The zero-order chi connectivity index (χ0) is 13.8. The molecule has 100 valence electrons. The van der Waals surface area contributed by atoms with Crippen molar-refractivity contribution in [1.29, 1.82) is 0 Å². The number of aromatic carboxylic acids is 1. The fraction of sp³-hybridized carbons (Fsp3) is 0.364. The van der Waals surface area contributed by atoms with Crippen LogP contribution in [-0.2, 0) is 6.18 Å². The maximum Gasteiger partial charge on any atom is 0.416 e. The van der Waals surface area contributed by atoms with Crippen molar-refractivity contribution in [3.8, 4) is 0 Å². The predicted molar refractivity (Wildman–Crippen MR) is 58.6 cm³/mol. The average Bonchev–Trinajstić information content (AvgIpc) is 2.28. The molecule has 7 heteroatoms. The Bertz CT molecular complexity index is 432. The fourth-order valence-corrected chi connectivity index (χ4v) is 1.35. The Morgan fingerprint density at radius 3 is 2.50 bits per heavy atom. The smallest absolute Gasteiger partial charge is 0.416 e. The Morgan fingerprint density at radius 1 is 1.33 bits per heavy atom. The molecule has 0 aliphatic heterocycles. The van der Waals surface area contributed by atoms with Gasteiger partial charge in [-0.3, -0.25) is 0 Å². The third-order valence-electron chi connectivity index (χ3n) is 2.23. The summed E-state index contributed by atoms with van der Waals surface area (Å²) in [5.41, 5.74) is -1.35. The highest BCUT2D eigenvalue weighted by atomic mass is 19.4. The van der Waals surface area contributed by atoms with E-state index in [-0.39, 0.29) is 18.8 Å². The zero-order valence-corrected chi connectivity index (χ0v) is 9.29. The van der Waals surface area contributed by atoms with Crippen molar-refractivity contribution in [2.24, 2.45) is 0 Å². The van der Waals surface area contributed by atoms with Crippen LogP contribution in [0.2, 0.25) is 0 Å². The first kappa shape index (κ1) is 14.3. The van der Waals surface area contributed by atoms with Gasteiger partial charge in [0.05, 0.1) is 11.1 Å². The summed E-state index contributed by atoms with van der Waals surface area (Å²) in [4.78, 5) is 10.9. The van der Waals surface area contributed by atoms with E-state index >= 15 is 0 Å². The summed E-state index contributed by atoms with van der Waals surface area (Å²) in [5.74, 6) is -1.44. The van der Waals surface area contributed by atoms with Crippen molar-refractivity contribution in [2.45, 2.75) is 12.6 Å². The van der Waals surface area contributed by atoms with Gasteiger partial charge in [0.25, 0.3) is 0 Å². The van der Waals surface area contributed by atoms with Gasteiger partial charge in [0.1, 0.15) is 0 Å². The predicted octanol–water partition coefficient (Wildman–Crippen LogP) is 2.20. The molecule has 0 aromatic heterocycles. The fourth-order valence-electron chi connectivity index (χ4n) is 1.35. The highest BCUT2D eigenvalue weighted by molar-refractivity contribution is 5.94. The number of hydrogen-bond acceptors (Lipinski definition) is 3. The molecule has 0 aliphatic rings. The van der Waals surface area contributed by atoms with Crippen LogP contribution in [0.5, 0.6) is 0 Å². The SMILES string of the molecule is O=C(O)c1cc(C(F)(F)F)ccc1NCCCO. The second-order valence-corrected chi connectivity index (χ2v) is 3.57. The van der Waals surface area contributed by atoms with Crippen molar-refractivity contribution in [1.82, 2.24) is 0 Å². The van der Waals surface area contributed by atoms with E-state index < -0.39 is 23.3 Å². The number of benzene rings is 1. The number of halogens is 3. The second-order valence-electron chi connectivity index (χ2n) is 3.57. The van der Waals surface area contributed by atoms with Crippen LogP contribution in [0.3, 0.4) is 0 Å². The molecule has 1 aromatic rings. The molecule has 1 rings (SSSR count). The molecule has 18 heavy (non-hydrogen) atoms. The molecule has 3 N–H and O–H groups in total. The van der Waals surface area contributed by atoms with Gasteiger partial charge in [0.15, 0.2) is 0 Å². The minimum Gasteiger partial charge on any atom is -0.478 e. The van der Waals surface area contributed by atoms with Gasteiger partial charge in [0.2, 0.25) is 0 Å². The van der Waals surface area contributed by atoms with Crippen LogP contribution in [-0.4, -0.2) is 29.3 Å². The molecular weight excluding hydrogens is 251 g/mol. The lowest BCUT2D eigenvalue weighted by atomic mass is 10.1. The number of hydrogen-bond donors (Lipinski definition) is 3. The summed E-state index contributed by atoms with van der Waals surface area (Å²) < 4.78 is 37.3. The number of rotatable bonds is 5. The molecule has 0 radical (unpaired) electrons. The number of nitrogens with one attached hydrogen (secondary N) is 1. The van der Waals surface area contributed by atoms with Gasteiger partial charge in [-0.25, -0.2) is 4.79 Å². The molecule has 0 bridgehead atoms. The van der Waals surface area contributed by atoms with Crippen molar-refractivity contribution in [2.75, 3.05) is 18.5 Å². The maximum atomic E-state index is 12.4. The number of alkyl halides is 3. The van der Waals surface area contributed by atoms with Gasteiger partial charge >= 0.3 is 12.1 Å². The molecule has 0 saturated carbocycles. The van der Waals surface area contributed by atoms with E-state index in [1.165, 1.54) is 0 Å². The topological polar surface area (TPSA) is 69.6 Å². The van der Waals surface area contributed by atoms with Crippen LogP contribution in [0.15, 0.2) is 18.2 Å². The standard InChI is InChI=1S/C11H12F3NO3/c12-11(13,14)7-2-3-9(15-4-1-5-16)8(6-7)10(17)18/h2-3,6,15-16H,1,4-5H2,(H,17,18). The largest absolute Gasteiger partial charge is 0.478 e. The van der Waals surface area contributed by atoms with E-state index in [0.29, 0.717) is 12.5 Å². The lowest BCUT2D eigenvalue weighted by Gasteiger charge is -2.12. The van der Waals surface area contributed by atoms with Gasteiger partial charge in [-0.2, -0.15) is 13.2 Å². The minimum atomic E-state index is -4.58. The average molecular weight is 263 g/mol. The maximum absolute atomic E-state index is 12.4. The van der Waals surface area contributed by atoms with Gasteiger partial charge in [-0.15, -0.1) is 0 Å². The summed E-state index contributed by atoms with van der Waals surface area (Å²) in [6.07, 6.45) is -4.20. The molecular formula is C11H12F3NO3. The molecule has 4 nitrogen and oxygen atoms in total.